The molecule has 0 spiro atoms. The van der Waals surface area contributed by atoms with E-state index in [2.05, 4.69) is 65.0 Å². The van der Waals surface area contributed by atoms with E-state index in [1.54, 1.807) is 23.3 Å². The molecule has 0 bridgehead atoms. The summed E-state index contributed by atoms with van der Waals surface area (Å²) in [6.07, 6.45) is 13.9. The molecule has 1 saturated carbocycles. The molecule has 4 nitrogen and oxygen atoms in total. The highest BCUT2D eigenvalue weighted by atomic mass is 32.2. The molecule has 0 saturated heterocycles. The van der Waals surface area contributed by atoms with E-state index >= 15 is 0 Å². The largest absolute Gasteiger partial charge is 0.309 e. The van der Waals surface area contributed by atoms with E-state index < -0.39 is 0 Å². The second-order valence-electron chi connectivity index (χ2n) is 7.84. The summed E-state index contributed by atoms with van der Waals surface area (Å²) >= 11 is 3.36. The zero-order chi connectivity index (χ0) is 22.8. The number of hydrogen-bond donors (Lipinski definition) is 2. The quantitative estimate of drug-likeness (QED) is 0.238. The van der Waals surface area contributed by atoms with Crippen LogP contribution in [-0.4, -0.2) is 30.4 Å². The smallest absolute Gasteiger partial charge is 0.123 e. The lowest BCUT2D eigenvalue weighted by atomic mass is 10.0. The first-order valence-electron chi connectivity index (χ1n) is 11.2. The number of aryl methyl sites for hydroxylation is 1. The number of allylic oxidation sites excluding steroid dienone is 4. The molecule has 0 radical (unpaired) electrons. The molecule has 1 aliphatic carbocycles. The Balaban J connectivity index is 1.63. The van der Waals surface area contributed by atoms with Crippen molar-refractivity contribution in [1.82, 2.24) is 15.0 Å². The lowest BCUT2D eigenvalue weighted by molar-refractivity contribution is 0.602. The van der Waals surface area contributed by atoms with Crippen LogP contribution in [-0.2, 0) is 6.42 Å². The normalized spacial score (nSPS) is 17.3. The average molecular weight is 465 g/mol. The van der Waals surface area contributed by atoms with Crippen molar-refractivity contribution in [1.29, 1.82) is 5.26 Å². The molecule has 1 heterocycles. The van der Waals surface area contributed by atoms with Gasteiger partial charge in [0.1, 0.15) is 5.01 Å². The first-order valence-corrected chi connectivity index (χ1v) is 13.0. The van der Waals surface area contributed by atoms with Gasteiger partial charge in [0.2, 0.25) is 0 Å². The molecule has 1 unspecified atom stereocenters. The van der Waals surface area contributed by atoms with E-state index in [1.165, 1.54) is 18.4 Å². The Labute approximate surface area is 200 Å². The van der Waals surface area contributed by atoms with Crippen LogP contribution < -0.4 is 10.0 Å². The maximum absolute atomic E-state index is 9.48. The topological polar surface area (TPSA) is 60.7 Å². The monoisotopic (exact) mass is 464 g/mol. The number of rotatable bonds is 11. The molecule has 3 rings (SSSR count). The highest BCUT2D eigenvalue weighted by Gasteiger charge is 2.19. The van der Waals surface area contributed by atoms with Crippen molar-refractivity contribution in [3.8, 4) is 16.6 Å². The number of nitrogens with zero attached hydrogens (tertiary/aromatic N) is 2. The second-order valence-corrected chi connectivity index (χ2v) is 9.98. The van der Waals surface area contributed by atoms with Crippen LogP contribution >= 0.6 is 23.3 Å². The summed E-state index contributed by atoms with van der Waals surface area (Å²) in [5, 5.41) is 14.1. The van der Waals surface area contributed by atoms with Crippen molar-refractivity contribution in [3.05, 3.63) is 70.8 Å². The van der Waals surface area contributed by atoms with Gasteiger partial charge in [-0.05, 0) is 49.9 Å². The molecule has 168 valence electrons. The van der Waals surface area contributed by atoms with E-state index in [0.29, 0.717) is 6.04 Å². The fourth-order valence-corrected chi connectivity index (χ4v) is 5.20. The third-order valence-electron chi connectivity index (χ3n) is 5.57. The second kappa shape index (κ2) is 12.8. The molecule has 1 aromatic carbocycles. The lowest BCUT2D eigenvalue weighted by Gasteiger charge is -2.13. The van der Waals surface area contributed by atoms with E-state index in [0.717, 1.165) is 63.7 Å². The van der Waals surface area contributed by atoms with Gasteiger partial charge >= 0.3 is 0 Å². The van der Waals surface area contributed by atoms with Gasteiger partial charge in [-0.15, -0.1) is 11.3 Å². The van der Waals surface area contributed by atoms with Crippen LogP contribution in [0, 0.1) is 11.3 Å². The van der Waals surface area contributed by atoms with Crippen LogP contribution in [0.5, 0.6) is 0 Å². The third kappa shape index (κ3) is 6.66. The summed E-state index contributed by atoms with van der Waals surface area (Å²) in [5.74, 6) is 1.07. The average Bonchev–Trinajstić information content (AvgIpc) is 3.47. The minimum atomic E-state index is 0.491. The van der Waals surface area contributed by atoms with Crippen molar-refractivity contribution in [2.45, 2.75) is 45.1 Å². The SMILES string of the molecule is C=C(/C=C\C=C1/CCCC1NCCSNC)c1cnc(-c2ccc(CCC)c(C#N)c2)s1. The van der Waals surface area contributed by atoms with Crippen LogP contribution in [0.4, 0.5) is 0 Å². The zero-order valence-electron chi connectivity index (χ0n) is 19.0. The molecule has 1 aliphatic rings. The van der Waals surface area contributed by atoms with Crippen LogP contribution in [0.25, 0.3) is 16.1 Å². The number of nitriles is 1. The standard InChI is InChI=1S/C26H32N4S2/c1-4-7-20-12-13-22(16-23(20)17-27)26-30-18-25(32-26)19(2)8-5-9-21-10-6-11-24(21)29-14-15-31-28-3/h5,8-9,12-13,16,18,24,28-29H,2,4,6-7,10-11,14-15H2,1,3H3/b8-5-,21-9+. The van der Waals surface area contributed by atoms with Crippen LogP contribution in [0.2, 0.25) is 0 Å². The van der Waals surface area contributed by atoms with Crippen LogP contribution in [0.3, 0.4) is 0 Å². The predicted octanol–water partition coefficient (Wildman–Crippen LogP) is 6.14. The highest BCUT2D eigenvalue weighted by Crippen LogP contribution is 2.31. The Morgan fingerprint density at radius 2 is 2.31 bits per heavy atom. The molecule has 0 aliphatic heterocycles. The molecule has 2 aromatic rings. The molecule has 2 N–H and O–H groups in total. The number of nitrogens with one attached hydrogen (secondary N) is 2. The Morgan fingerprint density at radius 3 is 3.09 bits per heavy atom. The van der Waals surface area contributed by atoms with Gasteiger partial charge in [0.25, 0.3) is 0 Å². The molecule has 0 amide bonds. The molecule has 1 aromatic heterocycles. The molecule has 1 fully saturated rings. The number of benzene rings is 1. The van der Waals surface area contributed by atoms with Gasteiger partial charge in [-0.25, -0.2) is 4.98 Å². The van der Waals surface area contributed by atoms with Gasteiger partial charge in [0.15, 0.2) is 0 Å². The minimum absolute atomic E-state index is 0.491. The van der Waals surface area contributed by atoms with Crippen LogP contribution in [0.15, 0.2) is 54.8 Å². The van der Waals surface area contributed by atoms with Crippen molar-refractivity contribution in [2.75, 3.05) is 19.3 Å². The first-order chi connectivity index (χ1) is 15.7. The minimum Gasteiger partial charge on any atom is -0.309 e. The van der Waals surface area contributed by atoms with Gasteiger partial charge in [0, 0.05) is 30.1 Å². The Hall–Kier alpha value is -2.17. The maximum Gasteiger partial charge on any atom is 0.123 e. The van der Waals surface area contributed by atoms with E-state index in [4.69, 9.17) is 0 Å². The Morgan fingerprint density at radius 1 is 1.44 bits per heavy atom. The first kappa shape index (κ1) is 24.5. The molecule has 1 atom stereocenters. The van der Waals surface area contributed by atoms with Gasteiger partial charge < -0.3 is 5.32 Å². The number of hydrogen-bond acceptors (Lipinski definition) is 6. The Bertz CT molecular complexity index is 1010. The Kier molecular flexibility index (Phi) is 9.76. The maximum atomic E-state index is 9.48. The van der Waals surface area contributed by atoms with E-state index in [-0.39, 0.29) is 0 Å². The third-order valence-corrected chi connectivity index (χ3v) is 7.39. The van der Waals surface area contributed by atoms with Crippen molar-refractivity contribution >= 4 is 28.9 Å². The van der Waals surface area contributed by atoms with Crippen molar-refractivity contribution < 1.29 is 0 Å². The fourth-order valence-electron chi connectivity index (χ4n) is 3.92. The fraction of sp³-hybridized carbons (Fsp3) is 0.385. The predicted molar refractivity (Wildman–Crippen MR) is 140 cm³/mol. The summed E-state index contributed by atoms with van der Waals surface area (Å²) in [7, 11) is 1.96. The van der Waals surface area contributed by atoms with Gasteiger partial charge in [-0.1, -0.05) is 67.8 Å². The summed E-state index contributed by atoms with van der Waals surface area (Å²) in [6.45, 7) is 7.38. The highest BCUT2D eigenvalue weighted by molar-refractivity contribution is 7.97. The molecule has 32 heavy (non-hydrogen) atoms. The van der Waals surface area contributed by atoms with Crippen molar-refractivity contribution in [3.63, 3.8) is 0 Å². The molecular weight excluding hydrogens is 432 g/mol. The lowest BCUT2D eigenvalue weighted by Crippen LogP contribution is -2.30. The number of aromatic nitrogens is 1. The summed E-state index contributed by atoms with van der Waals surface area (Å²) < 4.78 is 3.11. The van der Waals surface area contributed by atoms with E-state index in [1.807, 2.05) is 19.3 Å². The van der Waals surface area contributed by atoms with Gasteiger partial charge in [0.05, 0.1) is 16.5 Å². The van der Waals surface area contributed by atoms with Gasteiger partial charge in [-0.3, -0.25) is 4.72 Å². The van der Waals surface area contributed by atoms with Gasteiger partial charge in [-0.2, -0.15) is 5.26 Å². The van der Waals surface area contributed by atoms with Crippen LogP contribution in [0.1, 0.15) is 48.6 Å². The van der Waals surface area contributed by atoms with Crippen molar-refractivity contribution in [2.24, 2.45) is 0 Å². The summed E-state index contributed by atoms with van der Waals surface area (Å²) in [5.41, 5.74) is 5.28. The summed E-state index contributed by atoms with van der Waals surface area (Å²) in [6, 6.07) is 8.91. The zero-order valence-corrected chi connectivity index (χ0v) is 20.6. The van der Waals surface area contributed by atoms with E-state index in [9.17, 15) is 5.26 Å². The number of thiazole rings is 1. The summed E-state index contributed by atoms with van der Waals surface area (Å²) in [4.78, 5) is 5.64. The molecule has 6 heteroatoms. The molecular formula is C26H32N4S2.